The van der Waals surface area contributed by atoms with Crippen LogP contribution >= 0.6 is 0 Å². The summed E-state index contributed by atoms with van der Waals surface area (Å²) in [6.07, 6.45) is 7.71. The average molecular weight is 222 g/mol. The molecule has 16 heavy (non-hydrogen) atoms. The van der Waals surface area contributed by atoms with Crippen LogP contribution in [0.15, 0.2) is 0 Å². The minimum atomic E-state index is -0.202. The van der Waals surface area contributed by atoms with Gasteiger partial charge in [0.05, 0.1) is 25.7 Å². The van der Waals surface area contributed by atoms with Crippen LogP contribution in [0.3, 0.4) is 0 Å². The number of carbonyl (C=O) groups excluding carboxylic acids is 1. The van der Waals surface area contributed by atoms with E-state index >= 15 is 0 Å². The molecular weight excluding hydrogens is 204 g/mol. The monoisotopic (exact) mass is 222 g/mol. The quantitative estimate of drug-likeness (QED) is 0.672. The van der Waals surface area contributed by atoms with E-state index in [0.717, 1.165) is 6.54 Å². The van der Waals surface area contributed by atoms with Gasteiger partial charge in [0.15, 0.2) is 0 Å². The average Bonchev–Trinajstić information content (AvgIpc) is 2.98. The number of hydrogen-bond acceptors (Lipinski definition) is 3. The third-order valence-electron chi connectivity index (χ3n) is 3.21. The van der Waals surface area contributed by atoms with Gasteiger partial charge >= 0.3 is 0 Å². The van der Waals surface area contributed by atoms with Crippen LogP contribution in [0.1, 0.15) is 12.8 Å². The fourth-order valence-corrected chi connectivity index (χ4v) is 2.01. The Morgan fingerprint density at radius 3 is 2.75 bits per heavy atom. The van der Waals surface area contributed by atoms with E-state index in [-0.39, 0.29) is 17.9 Å². The maximum Gasteiger partial charge on any atom is 0.230 e. The molecule has 1 aliphatic carbocycles. The van der Waals surface area contributed by atoms with Gasteiger partial charge in [-0.15, -0.1) is 6.42 Å². The third kappa shape index (κ3) is 2.55. The van der Waals surface area contributed by atoms with Crippen molar-refractivity contribution in [3.63, 3.8) is 0 Å². The van der Waals surface area contributed by atoms with Crippen molar-refractivity contribution in [2.45, 2.75) is 18.9 Å². The highest BCUT2D eigenvalue weighted by Gasteiger charge is 2.36. The van der Waals surface area contributed by atoms with Crippen LogP contribution in [0.5, 0.6) is 0 Å². The van der Waals surface area contributed by atoms with E-state index in [1.165, 1.54) is 12.8 Å². The lowest BCUT2D eigenvalue weighted by atomic mass is 10.0. The number of amides is 1. The summed E-state index contributed by atoms with van der Waals surface area (Å²) in [6, 6.07) is -0.174. The highest BCUT2D eigenvalue weighted by molar-refractivity contribution is 5.80. The van der Waals surface area contributed by atoms with E-state index in [9.17, 15) is 4.79 Å². The zero-order chi connectivity index (χ0) is 11.5. The number of nitrogens with two attached hydrogens (primary N) is 1. The molecule has 1 saturated heterocycles. The van der Waals surface area contributed by atoms with Crippen molar-refractivity contribution in [3.8, 4) is 12.3 Å². The van der Waals surface area contributed by atoms with Crippen molar-refractivity contribution < 1.29 is 9.53 Å². The number of terminal acetylenes is 1. The Morgan fingerprint density at radius 2 is 2.25 bits per heavy atom. The first-order chi connectivity index (χ1) is 7.72. The first-order valence-electron chi connectivity index (χ1n) is 5.78. The smallest absolute Gasteiger partial charge is 0.230 e. The second-order valence-electron chi connectivity index (χ2n) is 4.67. The lowest BCUT2D eigenvalue weighted by Crippen LogP contribution is -2.44. The Balaban J connectivity index is 1.95. The number of carbonyl (C=O) groups is 1. The van der Waals surface area contributed by atoms with Crippen molar-refractivity contribution >= 4 is 5.91 Å². The molecule has 88 valence electrons. The molecule has 2 rings (SSSR count). The van der Waals surface area contributed by atoms with E-state index in [1.807, 2.05) is 0 Å². The molecule has 2 aliphatic rings. The minimum absolute atomic E-state index is 0.0647. The fourth-order valence-electron chi connectivity index (χ4n) is 2.01. The molecule has 2 fully saturated rings. The topological polar surface area (TPSA) is 55.6 Å². The Hall–Kier alpha value is -1.05. The molecule has 2 unspecified atom stereocenters. The van der Waals surface area contributed by atoms with Crippen LogP contribution in [0.4, 0.5) is 0 Å². The lowest BCUT2D eigenvalue weighted by molar-refractivity contribution is -0.135. The molecule has 2 N–H and O–H groups in total. The summed E-state index contributed by atoms with van der Waals surface area (Å²) in [5.74, 6) is 3.06. The number of nitrogens with zero attached hydrogens (tertiary/aromatic N) is 1. The van der Waals surface area contributed by atoms with Crippen LogP contribution < -0.4 is 5.73 Å². The predicted molar refractivity (Wildman–Crippen MR) is 60.4 cm³/mol. The maximum atomic E-state index is 12.2. The van der Waals surface area contributed by atoms with E-state index < -0.39 is 0 Å². The van der Waals surface area contributed by atoms with Gasteiger partial charge in [0, 0.05) is 12.6 Å². The second-order valence-corrected chi connectivity index (χ2v) is 4.67. The summed E-state index contributed by atoms with van der Waals surface area (Å²) in [4.78, 5) is 13.9. The third-order valence-corrected chi connectivity index (χ3v) is 3.21. The molecule has 4 nitrogen and oxygen atoms in total. The molecule has 4 heteroatoms. The number of ether oxygens (including phenoxy) is 1. The van der Waals surface area contributed by atoms with Gasteiger partial charge in [0.25, 0.3) is 0 Å². The van der Waals surface area contributed by atoms with Crippen LogP contribution in [0, 0.1) is 24.2 Å². The Morgan fingerprint density at radius 1 is 1.50 bits per heavy atom. The summed E-state index contributed by atoms with van der Waals surface area (Å²) in [6.45, 7) is 2.08. The van der Waals surface area contributed by atoms with Gasteiger partial charge in [-0.2, -0.15) is 0 Å². The number of rotatable bonds is 4. The van der Waals surface area contributed by atoms with Crippen LogP contribution in [0.25, 0.3) is 0 Å². The van der Waals surface area contributed by atoms with Crippen molar-refractivity contribution in [1.82, 2.24) is 4.90 Å². The standard InChI is InChI=1S/C12H18N2O2/c1-2-5-14(6-9-3-4-9)12(15)10-7-16-8-11(10)13/h1,9-11H,3-8,13H2. The molecule has 0 radical (unpaired) electrons. The van der Waals surface area contributed by atoms with Crippen molar-refractivity contribution in [3.05, 3.63) is 0 Å². The molecule has 0 aromatic carbocycles. The highest BCUT2D eigenvalue weighted by atomic mass is 16.5. The van der Waals surface area contributed by atoms with Crippen molar-refractivity contribution in [2.75, 3.05) is 26.3 Å². The predicted octanol–water partition coefficient (Wildman–Crippen LogP) is -0.168. The molecule has 2 atom stereocenters. The molecule has 1 heterocycles. The summed E-state index contributed by atoms with van der Waals surface area (Å²) in [7, 11) is 0. The van der Waals surface area contributed by atoms with E-state index in [1.54, 1.807) is 4.90 Å². The summed E-state index contributed by atoms with van der Waals surface area (Å²) < 4.78 is 5.22. The maximum absolute atomic E-state index is 12.2. The van der Waals surface area contributed by atoms with E-state index in [0.29, 0.717) is 25.7 Å². The van der Waals surface area contributed by atoms with Gasteiger partial charge in [-0.25, -0.2) is 0 Å². The van der Waals surface area contributed by atoms with Crippen molar-refractivity contribution in [2.24, 2.45) is 17.6 Å². The number of hydrogen-bond donors (Lipinski definition) is 1. The lowest BCUT2D eigenvalue weighted by Gasteiger charge is -2.24. The molecule has 1 aliphatic heterocycles. The summed E-state index contributed by atoms with van der Waals surface area (Å²) in [5.41, 5.74) is 5.84. The van der Waals surface area contributed by atoms with Gasteiger partial charge in [0.1, 0.15) is 0 Å². The Labute approximate surface area is 96.1 Å². The van der Waals surface area contributed by atoms with Gasteiger partial charge in [-0.1, -0.05) is 5.92 Å². The van der Waals surface area contributed by atoms with Gasteiger partial charge in [-0.3, -0.25) is 4.79 Å². The van der Waals surface area contributed by atoms with Crippen LogP contribution in [-0.4, -0.2) is 43.2 Å². The Kier molecular flexibility index (Phi) is 3.47. The van der Waals surface area contributed by atoms with Crippen LogP contribution in [-0.2, 0) is 9.53 Å². The minimum Gasteiger partial charge on any atom is -0.379 e. The van der Waals surface area contributed by atoms with Gasteiger partial charge < -0.3 is 15.4 Å². The first-order valence-corrected chi connectivity index (χ1v) is 5.78. The fraction of sp³-hybridized carbons (Fsp3) is 0.750. The molecule has 0 aromatic rings. The second kappa shape index (κ2) is 4.86. The van der Waals surface area contributed by atoms with E-state index in [4.69, 9.17) is 16.9 Å². The molecule has 1 amide bonds. The molecule has 0 spiro atoms. The molecular formula is C12H18N2O2. The molecule has 1 saturated carbocycles. The van der Waals surface area contributed by atoms with Gasteiger partial charge in [0.2, 0.25) is 5.91 Å². The van der Waals surface area contributed by atoms with E-state index in [2.05, 4.69) is 5.92 Å². The van der Waals surface area contributed by atoms with Gasteiger partial charge in [-0.05, 0) is 18.8 Å². The summed E-state index contributed by atoms with van der Waals surface area (Å²) >= 11 is 0. The zero-order valence-corrected chi connectivity index (χ0v) is 9.39. The highest BCUT2D eigenvalue weighted by Crippen LogP contribution is 2.30. The zero-order valence-electron chi connectivity index (χ0n) is 9.39. The van der Waals surface area contributed by atoms with Crippen molar-refractivity contribution in [1.29, 1.82) is 0 Å². The first kappa shape index (κ1) is 11.4. The Bertz CT molecular complexity index is 307. The summed E-state index contributed by atoms with van der Waals surface area (Å²) in [5, 5.41) is 0. The largest absolute Gasteiger partial charge is 0.379 e. The SMILES string of the molecule is C#CCN(CC1CC1)C(=O)C1COCC1N. The normalized spacial score (nSPS) is 28.8. The molecule has 0 aromatic heterocycles. The molecule has 0 bridgehead atoms. The van der Waals surface area contributed by atoms with Crippen LogP contribution in [0.2, 0.25) is 0 Å².